The van der Waals surface area contributed by atoms with Crippen LogP contribution in [0.25, 0.3) is 21.9 Å². The number of nitrogens with one attached hydrogen (secondary N) is 1. The smallest absolute Gasteiger partial charge is 0.238 e. The monoisotopic (exact) mass is 383 g/mol. The zero-order valence-electron chi connectivity index (χ0n) is 14.7. The zero-order chi connectivity index (χ0) is 19.2. The third-order valence-electron chi connectivity index (χ3n) is 4.18. The second-order valence-corrected chi connectivity index (χ2v) is 8.05. The van der Waals surface area contributed by atoms with E-state index in [1.165, 1.54) is 12.1 Å². The van der Waals surface area contributed by atoms with Gasteiger partial charge < -0.3 is 9.84 Å². The Labute approximate surface area is 155 Å². The molecule has 2 heterocycles. The quantitative estimate of drug-likeness (QED) is 0.554. The van der Waals surface area contributed by atoms with Gasteiger partial charge in [0, 0.05) is 17.3 Å². The summed E-state index contributed by atoms with van der Waals surface area (Å²) >= 11 is 0. The molecule has 9 heteroatoms. The van der Waals surface area contributed by atoms with Gasteiger partial charge in [0.1, 0.15) is 0 Å². The summed E-state index contributed by atoms with van der Waals surface area (Å²) in [7, 11) is -3.79. The molecule has 8 nitrogen and oxygen atoms in total. The number of anilines is 2. The number of nitrogens with two attached hydrogens (primary N) is 1. The number of hydrogen-bond donors (Lipinski definition) is 2. The second-order valence-electron chi connectivity index (χ2n) is 6.49. The highest BCUT2D eigenvalue weighted by atomic mass is 32.2. The van der Waals surface area contributed by atoms with E-state index >= 15 is 0 Å². The Morgan fingerprint density at radius 2 is 2.00 bits per heavy atom. The third kappa shape index (κ3) is 3.22. The molecule has 0 fully saturated rings. The van der Waals surface area contributed by atoms with Crippen LogP contribution in [-0.4, -0.2) is 23.5 Å². The summed E-state index contributed by atoms with van der Waals surface area (Å²) in [5.41, 5.74) is 2.73. The molecule has 0 aliphatic rings. The normalized spacial score (nSPS) is 12.1. The van der Waals surface area contributed by atoms with Gasteiger partial charge in [0.2, 0.25) is 16.0 Å². The van der Waals surface area contributed by atoms with E-state index in [1.807, 2.05) is 26.0 Å². The molecule has 0 radical (unpaired) electrons. The van der Waals surface area contributed by atoms with Crippen LogP contribution in [0.4, 0.5) is 11.6 Å². The van der Waals surface area contributed by atoms with E-state index < -0.39 is 10.0 Å². The molecule has 138 valence electrons. The average Bonchev–Trinajstić information content (AvgIpc) is 3.06. The van der Waals surface area contributed by atoms with Gasteiger partial charge in [-0.05, 0) is 36.2 Å². The molecule has 0 amide bonds. The Morgan fingerprint density at radius 3 is 2.74 bits per heavy atom. The third-order valence-corrected chi connectivity index (χ3v) is 5.09. The largest absolute Gasteiger partial charge is 0.356 e. The number of rotatable bonds is 4. The first-order valence-corrected chi connectivity index (χ1v) is 9.82. The summed E-state index contributed by atoms with van der Waals surface area (Å²) in [6.45, 7) is 4.07. The minimum Gasteiger partial charge on any atom is -0.356 e. The SMILES string of the molecule is CC(C)c1noc2ccc3cnc(Nc4cccc(S(N)(=O)=O)c4)nc3c12. The summed E-state index contributed by atoms with van der Waals surface area (Å²) in [4.78, 5) is 8.92. The lowest BCUT2D eigenvalue weighted by Gasteiger charge is -2.08. The lowest BCUT2D eigenvalue weighted by atomic mass is 10.0. The van der Waals surface area contributed by atoms with E-state index in [2.05, 4.69) is 20.4 Å². The topological polar surface area (TPSA) is 124 Å². The van der Waals surface area contributed by atoms with E-state index in [0.717, 1.165) is 22.0 Å². The van der Waals surface area contributed by atoms with Crippen LogP contribution in [0, 0.1) is 0 Å². The fourth-order valence-corrected chi connectivity index (χ4v) is 3.44. The number of fused-ring (bicyclic) bond motifs is 3. The van der Waals surface area contributed by atoms with Crippen molar-refractivity contribution in [2.75, 3.05) is 5.32 Å². The number of sulfonamides is 1. The average molecular weight is 383 g/mol. The molecule has 0 unspecified atom stereocenters. The molecule has 0 aliphatic heterocycles. The van der Waals surface area contributed by atoms with Gasteiger partial charge in [-0.3, -0.25) is 0 Å². The minimum atomic E-state index is -3.79. The van der Waals surface area contributed by atoms with Gasteiger partial charge in [0.25, 0.3) is 0 Å². The predicted octanol–water partition coefficient (Wildman–Crippen LogP) is 3.29. The van der Waals surface area contributed by atoms with Gasteiger partial charge in [0.15, 0.2) is 5.58 Å². The van der Waals surface area contributed by atoms with Crippen molar-refractivity contribution in [3.8, 4) is 0 Å². The molecule has 0 spiro atoms. The van der Waals surface area contributed by atoms with Crippen molar-refractivity contribution in [1.82, 2.24) is 15.1 Å². The van der Waals surface area contributed by atoms with Crippen molar-refractivity contribution in [3.05, 3.63) is 48.3 Å². The molecule has 0 aliphatic carbocycles. The van der Waals surface area contributed by atoms with Gasteiger partial charge in [-0.25, -0.2) is 23.5 Å². The summed E-state index contributed by atoms with van der Waals surface area (Å²) in [5.74, 6) is 0.507. The Balaban J connectivity index is 1.82. The van der Waals surface area contributed by atoms with E-state index in [9.17, 15) is 8.42 Å². The molecule has 3 N–H and O–H groups in total. The predicted molar refractivity (Wildman–Crippen MR) is 102 cm³/mol. The van der Waals surface area contributed by atoms with Crippen molar-refractivity contribution >= 4 is 43.5 Å². The van der Waals surface area contributed by atoms with Crippen LogP contribution in [0.1, 0.15) is 25.5 Å². The molecular weight excluding hydrogens is 366 g/mol. The van der Waals surface area contributed by atoms with Crippen LogP contribution in [0.5, 0.6) is 0 Å². The van der Waals surface area contributed by atoms with Crippen molar-refractivity contribution in [2.45, 2.75) is 24.7 Å². The fourth-order valence-electron chi connectivity index (χ4n) is 2.88. The summed E-state index contributed by atoms with van der Waals surface area (Å²) < 4.78 is 28.5. The van der Waals surface area contributed by atoms with E-state index in [4.69, 9.17) is 9.66 Å². The molecule has 2 aromatic heterocycles. The minimum absolute atomic E-state index is 0.0109. The van der Waals surface area contributed by atoms with Crippen LogP contribution in [0.3, 0.4) is 0 Å². The van der Waals surface area contributed by atoms with E-state index in [0.29, 0.717) is 17.2 Å². The Kier molecular flexibility index (Phi) is 4.05. The highest BCUT2D eigenvalue weighted by Gasteiger charge is 2.16. The van der Waals surface area contributed by atoms with Gasteiger partial charge in [-0.2, -0.15) is 0 Å². The molecule has 4 aromatic rings. The molecule has 0 bridgehead atoms. The number of hydrogen-bond acceptors (Lipinski definition) is 7. The van der Waals surface area contributed by atoms with Gasteiger partial charge in [-0.15, -0.1) is 0 Å². The molecule has 0 atom stereocenters. The number of aromatic nitrogens is 3. The van der Waals surface area contributed by atoms with Crippen LogP contribution in [-0.2, 0) is 10.0 Å². The van der Waals surface area contributed by atoms with Crippen LogP contribution in [0.2, 0.25) is 0 Å². The lowest BCUT2D eigenvalue weighted by Crippen LogP contribution is -2.12. The van der Waals surface area contributed by atoms with Crippen LogP contribution in [0.15, 0.2) is 52.0 Å². The Hall–Kier alpha value is -3.04. The van der Waals surface area contributed by atoms with Crippen LogP contribution < -0.4 is 10.5 Å². The van der Waals surface area contributed by atoms with Gasteiger partial charge >= 0.3 is 0 Å². The number of nitrogens with zero attached hydrogens (tertiary/aromatic N) is 3. The molecular formula is C18H17N5O3S. The Morgan fingerprint density at radius 1 is 1.19 bits per heavy atom. The maximum Gasteiger partial charge on any atom is 0.238 e. The van der Waals surface area contributed by atoms with E-state index in [1.54, 1.807) is 18.3 Å². The highest BCUT2D eigenvalue weighted by molar-refractivity contribution is 7.89. The first kappa shape index (κ1) is 17.4. The van der Waals surface area contributed by atoms with E-state index in [-0.39, 0.29) is 10.8 Å². The molecule has 2 aromatic carbocycles. The molecule has 0 saturated heterocycles. The zero-order valence-corrected chi connectivity index (χ0v) is 15.5. The summed E-state index contributed by atoms with van der Waals surface area (Å²) in [6, 6.07) is 9.89. The first-order chi connectivity index (χ1) is 12.8. The number of benzene rings is 2. The molecule has 0 saturated carbocycles. The first-order valence-electron chi connectivity index (χ1n) is 8.28. The van der Waals surface area contributed by atoms with Gasteiger partial charge in [0.05, 0.1) is 21.5 Å². The number of primary sulfonamides is 1. The van der Waals surface area contributed by atoms with Crippen molar-refractivity contribution in [2.24, 2.45) is 5.14 Å². The summed E-state index contributed by atoms with van der Waals surface area (Å²) in [6.07, 6.45) is 1.70. The maximum atomic E-state index is 11.5. The maximum absolute atomic E-state index is 11.5. The summed E-state index contributed by atoms with van der Waals surface area (Å²) in [5, 5.41) is 14.1. The van der Waals surface area contributed by atoms with Crippen molar-refractivity contribution in [3.63, 3.8) is 0 Å². The van der Waals surface area contributed by atoms with Crippen molar-refractivity contribution in [1.29, 1.82) is 0 Å². The highest BCUT2D eigenvalue weighted by Crippen LogP contribution is 2.31. The van der Waals surface area contributed by atoms with Gasteiger partial charge in [-0.1, -0.05) is 25.1 Å². The Bertz CT molecular complexity index is 1260. The standard InChI is InChI=1S/C18H17N5O3S/c1-10(2)16-15-14(26-23-16)7-6-11-9-20-18(22-17(11)15)21-12-4-3-5-13(8-12)27(19,24)25/h3-10H,1-2H3,(H2,19,24,25)(H,20,21,22). The van der Waals surface area contributed by atoms with Crippen molar-refractivity contribution < 1.29 is 12.9 Å². The second kappa shape index (κ2) is 6.29. The fraction of sp³-hybridized carbons (Fsp3) is 0.167. The lowest BCUT2D eigenvalue weighted by molar-refractivity contribution is 0.441. The molecule has 27 heavy (non-hydrogen) atoms. The molecule has 4 rings (SSSR count). The van der Waals surface area contributed by atoms with Crippen LogP contribution >= 0.6 is 0 Å².